The van der Waals surface area contributed by atoms with Gasteiger partial charge < -0.3 is 19.7 Å². The summed E-state index contributed by atoms with van der Waals surface area (Å²) in [6.45, 7) is 3.48. The zero-order valence-corrected chi connectivity index (χ0v) is 27.5. The third-order valence-corrected chi connectivity index (χ3v) is 9.44. The summed E-state index contributed by atoms with van der Waals surface area (Å²) in [5.41, 5.74) is 1.51. The van der Waals surface area contributed by atoms with Crippen molar-refractivity contribution in [1.29, 1.82) is 0 Å². The highest BCUT2D eigenvalue weighted by molar-refractivity contribution is 7.92. The van der Waals surface area contributed by atoms with Crippen molar-refractivity contribution < 1.29 is 31.9 Å². The summed E-state index contributed by atoms with van der Waals surface area (Å²) in [5, 5.41) is 3.35. The van der Waals surface area contributed by atoms with Gasteiger partial charge in [-0.15, -0.1) is 0 Å². The van der Waals surface area contributed by atoms with Crippen molar-refractivity contribution in [2.45, 2.75) is 43.8 Å². The van der Waals surface area contributed by atoms with Crippen LogP contribution in [0.2, 0.25) is 5.02 Å². The van der Waals surface area contributed by atoms with Crippen molar-refractivity contribution in [2.24, 2.45) is 0 Å². The Labute approximate surface area is 278 Å². The Morgan fingerprint density at radius 2 is 1.55 bits per heavy atom. The maximum absolute atomic E-state index is 14.5. The molecule has 1 aliphatic heterocycles. The Hall–Kier alpha value is -4.61. The molecule has 4 aromatic carbocycles. The summed E-state index contributed by atoms with van der Waals surface area (Å²) in [5.74, 6) is -0.990. The second-order valence-corrected chi connectivity index (χ2v) is 13.6. The van der Waals surface area contributed by atoms with Crippen LogP contribution in [-0.2, 0) is 32.6 Å². The van der Waals surface area contributed by atoms with Crippen molar-refractivity contribution in [1.82, 2.24) is 10.2 Å². The van der Waals surface area contributed by atoms with Gasteiger partial charge in [0.15, 0.2) is 11.5 Å². The Morgan fingerprint density at radius 3 is 2.23 bits per heavy atom. The highest BCUT2D eigenvalue weighted by atomic mass is 35.5. The zero-order valence-electron chi connectivity index (χ0n) is 25.9. The molecule has 9 nitrogen and oxygen atoms in total. The predicted molar refractivity (Wildman–Crippen MR) is 178 cm³/mol. The number of anilines is 1. The molecule has 0 radical (unpaired) electrons. The van der Waals surface area contributed by atoms with E-state index in [0.29, 0.717) is 22.9 Å². The fraction of sp³-hybridized carbons (Fsp3) is 0.257. The highest BCUT2D eigenvalue weighted by Crippen LogP contribution is 2.34. The molecule has 0 spiro atoms. The van der Waals surface area contributed by atoms with Gasteiger partial charge in [-0.2, -0.15) is 0 Å². The molecule has 1 heterocycles. The van der Waals surface area contributed by atoms with Gasteiger partial charge in [-0.25, -0.2) is 12.8 Å². The van der Waals surface area contributed by atoms with Crippen LogP contribution in [0.4, 0.5) is 10.1 Å². The van der Waals surface area contributed by atoms with Crippen molar-refractivity contribution in [3.8, 4) is 11.5 Å². The molecule has 0 aliphatic carbocycles. The van der Waals surface area contributed by atoms with E-state index < -0.39 is 40.2 Å². The number of nitrogens with one attached hydrogen (secondary N) is 1. The minimum absolute atomic E-state index is 0.0380. The molecular weight excluding hydrogens is 645 g/mol. The van der Waals surface area contributed by atoms with Crippen LogP contribution in [0, 0.1) is 5.82 Å². The van der Waals surface area contributed by atoms with E-state index in [2.05, 4.69) is 5.32 Å². The van der Waals surface area contributed by atoms with Crippen molar-refractivity contribution in [3.05, 3.63) is 119 Å². The van der Waals surface area contributed by atoms with Crippen LogP contribution < -0.4 is 19.1 Å². The predicted octanol–water partition coefficient (Wildman–Crippen LogP) is 5.61. The molecule has 1 N–H and O–H groups in total. The summed E-state index contributed by atoms with van der Waals surface area (Å²) >= 11 is 6.28. The van der Waals surface area contributed by atoms with Crippen molar-refractivity contribution in [3.63, 3.8) is 0 Å². The van der Waals surface area contributed by atoms with Crippen LogP contribution in [0.15, 0.2) is 102 Å². The van der Waals surface area contributed by atoms with Crippen LogP contribution in [0.1, 0.15) is 25.0 Å². The number of amides is 2. The number of halogens is 2. The molecule has 1 aliphatic rings. The molecule has 1 atom stereocenters. The molecule has 0 fully saturated rings. The summed E-state index contributed by atoms with van der Waals surface area (Å²) in [4.78, 5) is 29.5. The molecule has 0 aromatic heterocycles. The quantitative estimate of drug-likeness (QED) is 0.209. The number of hydrogen-bond donors (Lipinski definition) is 1. The summed E-state index contributed by atoms with van der Waals surface area (Å²) in [6, 6.07) is 23.9. The first-order valence-electron chi connectivity index (χ1n) is 15.1. The third kappa shape index (κ3) is 8.41. The summed E-state index contributed by atoms with van der Waals surface area (Å²) < 4.78 is 54.6. The molecule has 12 heteroatoms. The molecule has 0 saturated heterocycles. The number of fused-ring (bicyclic) bond motifs is 1. The van der Waals surface area contributed by atoms with Crippen LogP contribution >= 0.6 is 11.6 Å². The number of benzene rings is 4. The first-order chi connectivity index (χ1) is 22.5. The van der Waals surface area contributed by atoms with Crippen LogP contribution in [0.3, 0.4) is 0 Å². The van der Waals surface area contributed by atoms with Gasteiger partial charge in [0.25, 0.3) is 10.0 Å². The highest BCUT2D eigenvalue weighted by Gasteiger charge is 2.35. The van der Waals surface area contributed by atoms with Gasteiger partial charge >= 0.3 is 0 Å². The summed E-state index contributed by atoms with van der Waals surface area (Å²) in [6.07, 6.45) is 0.164. The Morgan fingerprint density at radius 1 is 0.872 bits per heavy atom. The van der Waals surface area contributed by atoms with E-state index in [0.717, 1.165) is 22.0 Å². The minimum Gasteiger partial charge on any atom is -0.486 e. The Bertz CT molecular complexity index is 1820. The Kier molecular flexibility index (Phi) is 10.7. The van der Waals surface area contributed by atoms with Gasteiger partial charge in [-0.3, -0.25) is 13.9 Å². The van der Waals surface area contributed by atoms with E-state index in [9.17, 15) is 22.4 Å². The molecule has 0 bridgehead atoms. The molecule has 246 valence electrons. The van der Waals surface area contributed by atoms with Gasteiger partial charge in [0.05, 0.1) is 10.6 Å². The zero-order chi connectivity index (χ0) is 33.6. The SMILES string of the molecule is CC(C)NC(=O)[C@H](Cc1ccccc1)N(Cc1cccc(Cl)c1)C(=O)CN(c1ccc(F)cc1)S(=O)(=O)c1ccc2c(c1)OCCO2. The van der Waals surface area contributed by atoms with Crippen LogP contribution in [-0.4, -0.2) is 57.0 Å². The largest absolute Gasteiger partial charge is 0.486 e. The molecular formula is C35H35ClFN3O6S. The number of ether oxygens (including phenoxy) is 2. The lowest BCUT2D eigenvalue weighted by atomic mass is 10.0. The first kappa shape index (κ1) is 33.7. The standard InChI is InChI=1S/C35H35ClFN3O6S/c1-24(2)38-35(42)31(20-25-7-4-3-5-8-25)39(22-26-9-6-10-27(36)19-26)34(41)23-40(29-13-11-28(37)12-14-29)47(43,44)30-15-16-32-33(21-30)46-18-17-45-32/h3-16,19,21,24,31H,17-18,20,22-23H2,1-2H3,(H,38,42)/t31-/m0/s1. The van der Waals surface area contributed by atoms with Crippen molar-refractivity contribution >= 4 is 39.1 Å². The molecule has 0 unspecified atom stereocenters. The van der Waals surface area contributed by atoms with Gasteiger partial charge in [-0.1, -0.05) is 54.1 Å². The first-order valence-corrected chi connectivity index (χ1v) is 16.9. The maximum Gasteiger partial charge on any atom is 0.264 e. The van der Waals surface area contributed by atoms with E-state index in [1.54, 1.807) is 24.3 Å². The van der Waals surface area contributed by atoms with E-state index in [1.807, 2.05) is 44.2 Å². The average Bonchev–Trinajstić information content (AvgIpc) is 3.05. The van der Waals surface area contributed by atoms with E-state index in [1.165, 1.54) is 35.2 Å². The fourth-order valence-electron chi connectivity index (χ4n) is 5.21. The fourth-order valence-corrected chi connectivity index (χ4v) is 6.86. The number of carbonyl (C=O) groups excluding carboxylic acids is 2. The van der Waals surface area contributed by atoms with E-state index >= 15 is 0 Å². The number of carbonyl (C=O) groups is 2. The molecule has 5 rings (SSSR count). The third-order valence-electron chi connectivity index (χ3n) is 7.44. The number of hydrogen-bond acceptors (Lipinski definition) is 6. The average molecular weight is 680 g/mol. The molecule has 0 saturated carbocycles. The monoisotopic (exact) mass is 679 g/mol. The smallest absolute Gasteiger partial charge is 0.264 e. The van der Waals surface area contributed by atoms with Crippen LogP contribution in [0.5, 0.6) is 11.5 Å². The van der Waals surface area contributed by atoms with Gasteiger partial charge in [-0.05, 0) is 73.5 Å². The Balaban J connectivity index is 1.57. The second kappa shape index (κ2) is 14.9. The second-order valence-electron chi connectivity index (χ2n) is 11.3. The van der Waals surface area contributed by atoms with Gasteiger partial charge in [0, 0.05) is 30.1 Å². The molecule has 47 heavy (non-hydrogen) atoms. The number of nitrogens with zero attached hydrogens (tertiary/aromatic N) is 2. The maximum atomic E-state index is 14.5. The lowest BCUT2D eigenvalue weighted by Crippen LogP contribution is -2.54. The lowest BCUT2D eigenvalue weighted by molar-refractivity contribution is -0.140. The molecule has 2 amide bonds. The minimum atomic E-state index is -4.43. The van der Waals surface area contributed by atoms with E-state index in [4.69, 9.17) is 21.1 Å². The van der Waals surface area contributed by atoms with Gasteiger partial charge in [0.1, 0.15) is 31.6 Å². The lowest BCUT2D eigenvalue weighted by Gasteiger charge is -2.34. The normalized spacial score (nSPS) is 13.1. The summed E-state index contributed by atoms with van der Waals surface area (Å²) in [7, 11) is -4.43. The van der Waals surface area contributed by atoms with Crippen LogP contribution in [0.25, 0.3) is 0 Å². The van der Waals surface area contributed by atoms with Crippen molar-refractivity contribution in [2.75, 3.05) is 24.1 Å². The van der Waals surface area contributed by atoms with E-state index in [-0.39, 0.29) is 41.9 Å². The number of rotatable bonds is 12. The molecule has 4 aromatic rings. The van der Waals surface area contributed by atoms with Gasteiger partial charge in [0.2, 0.25) is 11.8 Å². The topological polar surface area (TPSA) is 105 Å². The number of sulfonamides is 1.